The molecule has 0 saturated carbocycles. The van der Waals surface area contributed by atoms with Crippen molar-refractivity contribution in [2.45, 2.75) is 37.6 Å². The highest BCUT2D eigenvalue weighted by molar-refractivity contribution is 7.89. The fraction of sp³-hybridized carbons (Fsp3) is 0.438. The van der Waals surface area contributed by atoms with Crippen LogP contribution in [0.2, 0.25) is 0 Å². The average molecular weight is 319 g/mol. The van der Waals surface area contributed by atoms with Crippen LogP contribution in [0.25, 0.3) is 0 Å². The van der Waals surface area contributed by atoms with Gasteiger partial charge in [0, 0.05) is 20.0 Å². The monoisotopic (exact) mass is 319 g/mol. The molecule has 1 aromatic heterocycles. The second-order valence-electron chi connectivity index (χ2n) is 6.06. The SMILES string of the molecule is CC(C)c1ccc(S(=O)(=O)N2CCc3ncn(C)c3C2)cc1. The maximum atomic E-state index is 12.8. The predicted molar refractivity (Wildman–Crippen MR) is 85.0 cm³/mol. The Morgan fingerprint density at radius 3 is 2.50 bits per heavy atom. The van der Waals surface area contributed by atoms with Crippen molar-refractivity contribution in [2.75, 3.05) is 6.54 Å². The Bertz CT molecular complexity index is 776. The summed E-state index contributed by atoms with van der Waals surface area (Å²) >= 11 is 0. The van der Waals surface area contributed by atoms with Gasteiger partial charge in [0.25, 0.3) is 0 Å². The van der Waals surface area contributed by atoms with Crippen molar-refractivity contribution >= 4 is 10.0 Å². The summed E-state index contributed by atoms with van der Waals surface area (Å²) in [6.45, 7) is 5.06. The van der Waals surface area contributed by atoms with Crippen molar-refractivity contribution < 1.29 is 8.42 Å². The van der Waals surface area contributed by atoms with Crippen molar-refractivity contribution in [1.82, 2.24) is 13.9 Å². The number of rotatable bonds is 3. The van der Waals surface area contributed by atoms with Crippen LogP contribution in [-0.2, 0) is 30.0 Å². The van der Waals surface area contributed by atoms with Gasteiger partial charge < -0.3 is 4.57 Å². The number of hydrogen-bond acceptors (Lipinski definition) is 3. The molecule has 0 unspecified atom stereocenters. The van der Waals surface area contributed by atoms with Gasteiger partial charge in [-0.1, -0.05) is 26.0 Å². The van der Waals surface area contributed by atoms with Crippen molar-refractivity contribution in [3.63, 3.8) is 0 Å². The first-order valence-corrected chi connectivity index (χ1v) is 8.93. The van der Waals surface area contributed by atoms with Crippen LogP contribution in [-0.4, -0.2) is 28.8 Å². The Hall–Kier alpha value is -1.66. The minimum Gasteiger partial charge on any atom is -0.336 e. The average Bonchev–Trinajstić information content (AvgIpc) is 2.88. The lowest BCUT2D eigenvalue weighted by Gasteiger charge is -2.26. The zero-order chi connectivity index (χ0) is 15.9. The molecule has 1 aromatic carbocycles. The van der Waals surface area contributed by atoms with Gasteiger partial charge in [-0.15, -0.1) is 0 Å². The van der Waals surface area contributed by atoms with Crippen molar-refractivity contribution in [1.29, 1.82) is 0 Å². The van der Waals surface area contributed by atoms with E-state index in [0.29, 0.717) is 30.3 Å². The van der Waals surface area contributed by atoms with E-state index in [1.807, 2.05) is 23.7 Å². The molecule has 0 atom stereocenters. The molecule has 0 bridgehead atoms. The molecule has 2 heterocycles. The number of aryl methyl sites for hydroxylation is 1. The normalized spacial score (nSPS) is 16.0. The van der Waals surface area contributed by atoms with Gasteiger partial charge in [0.2, 0.25) is 10.0 Å². The van der Waals surface area contributed by atoms with E-state index in [-0.39, 0.29) is 0 Å². The maximum Gasteiger partial charge on any atom is 0.243 e. The summed E-state index contributed by atoms with van der Waals surface area (Å²) in [5.41, 5.74) is 3.13. The highest BCUT2D eigenvalue weighted by Gasteiger charge is 2.30. The minimum atomic E-state index is -3.45. The van der Waals surface area contributed by atoms with Crippen molar-refractivity contribution in [2.24, 2.45) is 7.05 Å². The Kier molecular flexibility index (Phi) is 3.82. The molecule has 3 rings (SSSR count). The van der Waals surface area contributed by atoms with Gasteiger partial charge in [0.15, 0.2) is 0 Å². The summed E-state index contributed by atoms with van der Waals surface area (Å²) in [6.07, 6.45) is 2.41. The summed E-state index contributed by atoms with van der Waals surface area (Å²) in [5, 5.41) is 0. The van der Waals surface area contributed by atoms with Gasteiger partial charge in [0.05, 0.1) is 29.2 Å². The van der Waals surface area contributed by atoms with E-state index in [1.165, 1.54) is 0 Å². The minimum absolute atomic E-state index is 0.363. The molecular weight excluding hydrogens is 298 g/mol. The number of fused-ring (bicyclic) bond motifs is 1. The standard InChI is InChI=1S/C16H21N3O2S/c1-12(2)13-4-6-14(7-5-13)22(20,21)19-9-8-15-16(10-19)18(3)11-17-15/h4-7,11-12H,8-10H2,1-3H3. The van der Waals surface area contributed by atoms with Crippen LogP contribution in [0.4, 0.5) is 0 Å². The van der Waals surface area contributed by atoms with Gasteiger partial charge >= 0.3 is 0 Å². The van der Waals surface area contributed by atoms with Crippen molar-refractivity contribution in [3.05, 3.63) is 47.5 Å². The summed E-state index contributed by atoms with van der Waals surface area (Å²) in [5.74, 6) is 0.392. The zero-order valence-electron chi connectivity index (χ0n) is 13.2. The van der Waals surface area contributed by atoms with Gasteiger partial charge in [0.1, 0.15) is 0 Å². The number of hydrogen-bond donors (Lipinski definition) is 0. The Morgan fingerprint density at radius 1 is 1.18 bits per heavy atom. The summed E-state index contributed by atoms with van der Waals surface area (Å²) < 4.78 is 29.1. The summed E-state index contributed by atoms with van der Waals surface area (Å²) in [6, 6.07) is 7.22. The van der Waals surface area contributed by atoms with E-state index in [4.69, 9.17) is 0 Å². The molecule has 1 aliphatic rings. The fourth-order valence-electron chi connectivity index (χ4n) is 2.77. The van der Waals surface area contributed by atoms with Gasteiger partial charge in [-0.05, 0) is 23.6 Å². The van der Waals surface area contributed by atoms with E-state index in [9.17, 15) is 8.42 Å². The third-order valence-corrected chi connectivity index (χ3v) is 6.11. The number of nitrogens with zero attached hydrogens (tertiary/aromatic N) is 3. The Balaban J connectivity index is 1.89. The molecule has 5 nitrogen and oxygen atoms in total. The number of imidazole rings is 1. The van der Waals surface area contributed by atoms with E-state index >= 15 is 0 Å². The number of benzene rings is 1. The van der Waals surface area contributed by atoms with Crippen LogP contribution in [0.3, 0.4) is 0 Å². The van der Waals surface area contributed by atoms with E-state index in [0.717, 1.165) is 17.0 Å². The molecule has 0 amide bonds. The molecular formula is C16H21N3O2S. The maximum absolute atomic E-state index is 12.8. The van der Waals surface area contributed by atoms with Crippen LogP contribution in [0.5, 0.6) is 0 Å². The highest BCUT2D eigenvalue weighted by atomic mass is 32.2. The lowest BCUT2D eigenvalue weighted by Crippen LogP contribution is -2.36. The fourth-order valence-corrected chi connectivity index (χ4v) is 4.17. The first-order chi connectivity index (χ1) is 10.4. The quantitative estimate of drug-likeness (QED) is 0.872. The smallest absolute Gasteiger partial charge is 0.243 e. The Labute approximate surface area is 131 Å². The third-order valence-electron chi connectivity index (χ3n) is 4.25. The van der Waals surface area contributed by atoms with Crippen LogP contribution < -0.4 is 0 Å². The second-order valence-corrected chi connectivity index (χ2v) is 8.00. The van der Waals surface area contributed by atoms with Crippen LogP contribution >= 0.6 is 0 Å². The predicted octanol–water partition coefficient (Wildman–Crippen LogP) is 2.29. The van der Waals surface area contributed by atoms with Crippen LogP contribution in [0, 0.1) is 0 Å². The lowest BCUT2D eigenvalue weighted by molar-refractivity contribution is 0.380. The van der Waals surface area contributed by atoms with Gasteiger partial charge in [-0.2, -0.15) is 4.31 Å². The number of aromatic nitrogens is 2. The second kappa shape index (κ2) is 5.52. The van der Waals surface area contributed by atoms with Gasteiger partial charge in [-0.25, -0.2) is 13.4 Å². The third kappa shape index (κ3) is 2.57. The first kappa shape index (κ1) is 15.2. The summed E-state index contributed by atoms with van der Waals surface area (Å²) in [7, 11) is -1.55. The molecule has 0 saturated heterocycles. The largest absolute Gasteiger partial charge is 0.336 e. The Morgan fingerprint density at radius 2 is 1.86 bits per heavy atom. The molecule has 6 heteroatoms. The van der Waals surface area contributed by atoms with Crippen LogP contribution in [0.1, 0.15) is 36.7 Å². The zero-order valence-corrected chi connectivity index (χ0v) is 14.0. The molecule has 0 aliphatic carbocycles. The molecule has 0 spiro atoms. The number of sulfonamides is 1. The molecule has 0 N–H and O–H groups in total. The van der Waals surface area contributed by atoms with Crippen LogP contribution in [0.15, 0.2) is 35.5 Å². The highest BCUT2D eigenvalue weighted by Crippen LogP contribution is 2.25. The topological polar surface area (TPSA) is 55.2 Å². The summed E-state index contributed by atoms with van der Waals surface area (Å²) in [4.78, 5) is 4.68. The van der Waals surface area contributed by atoms with Crippen molar-refractivity contribution in [3.8, 4) is 0 Å². The lowest BCUT2D eigenvalue weighted by atomic mass is 10.0. The molecule has 1 aliphatic heterocycles. The first-order valence-electron chi connectivity index (χ1n) is 7.49. The molecule has 118 valence electrons. The molecule has 2 aromatic rings. The van der Waals surface area contributed by atoms with E-state index in [1.54, 1.807) is 22.8 Å². The van der Waals surface area contributed by atoms with Gasteiger partial charge in [-0.3, -0.25) is 0 Å². The van der Waals surface area contributed by atoms with E-state index in [2.05, 4.69) is 18.8 Å². The van der Waals surface area contributed by atoms with E-state index < -0.39 is 10.0 Å². The molecule has 22 heavy (non-hydrogen) atoms. The molecule has 0 fully saturated rings. The molecule has 0 radical (unpaired) electrons.